The summed E-state index contributed by atoms with van der Waals surface area (Å²) in [4.78, 5) is 24.7. The van der Waals surface area contributed by atoms with Gasteiger partial charge in [0, 0.05) is 24.9 Å². The van der Waals surface area contributed by atoms with Gasteiger partial charge < -0.3 is 4.90 Å². The lowest BCUT2D eigenvalue weighted by molar-refractivity contribution is -0.117. The number of amides is 1. The van der Waals surface area contributed by atoms with Gasteiger partial charge in [0.15, 0.2) is 5.78 Å². The minimum absolute atomic E-state index is 0.112. The van der Waals surface area contributed by atoms with Crippen molar-refractivity contribution in [2.24, 2.45) is 0 Å². The van der Waals surface area contributed by atoms with Crippen LogP contribution in [0, 0.1) is 5.82 Å². The number of carbonyl (C=O) groups excluding carboxylic acids is 2. The van der Waals surface area contributed by atoms with Crippen molar-refractivity contribution in [3.8, 4) is 0 Å². The van der Waals surface area contributed by atoms with Crippen LogP contribution in [0.1, 0.15) is 30.6 Å². The summed E-state index contributed by atoms with van der Waals surface area (Å²) in [6, 6.07) is 3.78. The Morgan fingerprint density at radius 3 is 2.81 bits per heavy atom. The van der Waals surface area contributed by atoms with E-state index in [4.69, 9.17) is 0 Å². The van der Waals surface area contributed by atoms with Crippen LogP contribution < -0.4 is 4.90 Å². The lowest BCUT2D eigenvalue weighted by Crippen LogP contribution is -2.42. The molecular weight excluding hydrogens is 209 g/mol. The van der Waals surface area contributed by atoms with Gasteiger partial charge in [-0.25, -0.2) is 4.39 Å². The number of carbonyl (C=O) groups is 2. The highest BCUT2D eigenvalue weighted by atomic mass is 19.1. The summed E-state index contributed by atoms with van der Waals surface area (Å²) in [5, 5.41) is 0. The van der Waals surface area contributed by atoms with Gasteiger partial charge in [0.25, 0.3) is 0 Å². The molecule has 0 N–H and O–H groups in total. The van der Waals surface area contributed by atoms with Crippen molar-refractivity contribution in [2.75, 3.05) is 4.90 Å². The van der Waals surface area contributed by atoms with E-state index in [1.54, 1.807) is 0 Å². The molecule has 1 aromatic carbocycles. The second kappa shape index (κ2) is 3.70. The molecule has 1 amide bonds. The van der Waals surface area contributed by atoms with Crippen molar-refractivity contribution >= 4 is 17.4 Å². The van der Waals surface area contributed by atoms with Crippen molar-refractivity contribution < 1.29 is 14.0 Å². The Morgan fingerprint density at radius 2 is 2.19 bits per heavy atom. The van der Waals surface area contributed by atoms with E-state index >= 15 is 0 Å². The Morgan fingerprint density at radius 1 is 1.50 bits per heavy atom. The van der Waals surface area contributed by atoms with Crippen LogP contribution in [-0.2, 0) is 4.79 Å². The van der Waals surface area contributed by atoms with Gasteiger partial charge in [0.2, 0.25) is 5.91 Å². The summed E-state index contributed by atoms with van der Waals surface area (Å²) in [7, 11) is 0. The maximum Gasteiger partial charge on any atom is 0.224 e. The molecule has 1 atom stereocenters. The van der Waals surface area contributed by atoms with Crippen molar-refractivity contribution in [3.63, 3.8) is 0 Å². The lowest BCUT2D eigenvalue weighted by atomic mass is 9.95. The van der Waals surface area contributed by atoms with E-state index in [0.717, 1.165) is 0 Å². The fourth-order valence-electron chi connectivity index (χ4n) is 2.13. The summed E-state index contributed by atoms with van der Waals surface area (Å²) < 4.78 is 13.0. The first-order valence-corrected chi connectivity index (χ1v) is 5.13. The average molecular weight is 221 g/mol. The van der Waals surface area contributed by atoms with Crippen LogP contribution in [0.25, 0.3) is 0 Å². The second-order valence-corrected chi connectivity index (χ2v) is 4.03. The third kappa shape index (κ3) is 1.60. The molecule has 1 aliphatic heterocycles. The minimum atomic E-state index is -0.454. The first-order valence-electron chi connectivity index (χ1n) is 5.13. The molecule has 16 heavy (non-hydrogen) atoms. The molecule has 84 valence electrons. The lowest BCUT2D eigenvalue weighted by Gasteiger charge is -2.33. The third-order valence-corrected chi connectivity index (χ3v) is 2.78. The summed E-state index contributed by atoms with van der Waals surface area (Å²) in [5.74, 6) is -0.697. The SMILES string of the molecule is CC(=O)N1c2ccc(F)cc2C(=O)CC1C. The van der Waals surface area contributed by atoms with Crippen LogP contribution >= 0.6 is 0 Å². The highest BCUT2D eigenvalue weighted by molar-refractivity contribution is 6.08. The van der Waals surface area contributed by atoms with Gasteiger partial charge in [-0.1, -0.05) is 0 Å². The summed E-state index contributed by atoms with van der Waals surface area (Å²) in [5.41, 5.74) is 0.811. The molecule has 0 spiro atoms. The predicted molar refractivity (Wildman–Crippen MR) is 58.0 cm³/mol. The molecule has 1 heterocycles. The number of halogens is 1. The zero-order chi connectivity index (χ0) is 11.9. The zero-order valence-electron chi connectivity index (χ0n) is 9.16. The number of hydrogen-bond donors (Lipinski definition) is 0. The molecular formula is C12H12FNO2. The van der Waals surface area contributed by atoms with Crippen LogP contribution in [0.5, 0.6) is 0 Å². The highest BCUT2D eigenvalue weighted by Crippen LogP contribution is 2.31. The number of benzene rings is 1. The summed E-state index contributed by atoms with van der Waals surface area (Å²) >= 11 is 0. The van der Waals surface area contributed by atoms with E-state index < -0.39 is 5.82 Å². The quantitative estimate of drug-likeness (QED) is 0.673. The molecule has 0 fully saturated rings. The number of Topliss-reactive ketones (excluding diaryl/α,β-unsaturated/α-hetero) is 1. The van der Waals surface area contributed by atoms with E-state index in [-0.39, 0.29) is 24.2 Å². The molecule has 0 aliphatic carbocycles. The van der Waals surface area contributed by atoms with Crippen molar-refractivity contribution in [3.05, 3.63) is 29.6 Å². The highest BCUT2D eigenvalue weighted by Gasteiger charge is 2.31. The first-order chi connectivity index (χ1) is 7.50. The molecule has 3 nitrogen and oxygen atoms in total. The van der Waals surface area contributed by atoms with E-state index in [1.807, 2.05) is 6.92 Å². The van der Waals surface area contributed by atoms with Gasteiger partial charge >= 0.3 is 0 Å². The molecule has 4 heteroatoms. The molecule has 0 saturated carbocycles. The fourth-order valence-corrected chi connectivity index (χ4v) is 2.13. The monoisotopic (exact) mass is 221 g/mol. The molecule has 2 rings (SSSR count). The first kappa shape index (κ1) is 10.8. The van der Waals surface area contributed by atoms with Crippen LogP contribution in [0.15, 0.2) is 18.2 Å². The average Bonchev–Trinajstić information content (AvgIpc) is 2.18. The largest absolute Gasteiger partial charge is 0.309 e. The smallest absolute Gasteiger partial charge is 0.224 e. The number of fused-ring (bicyclic) bond motifs is 1. The standard InChI is InChI=1S/C12H12FNO2/c1-7-5-12(16)10-6-9(13)3-4-11(10)14(7)8(2)15/h3-4,6-7H,5H2,1-2H3. The Hall–Kier alpha value is -1.71. The normalized spacial score (nSPS) is 19.6. The predicted octanol–water partition coefficient (Wildman–Crippen LogP) is 2.15. The van der Waals surface area contributed by atoms with Gasteiger partial charge in [0.05, 0.1) is 5.69 Å². The maximum atomic E-state index is 13.0. The number of nitrogens with zero attached hydrogens (tertiary/aromatic N) is 1. The molecule has 0 saturated heterocycles. The van der Waals surface area contributed by atoms with Crippen LogP contribution in [0.3, 0.4) is 0 Å². The van der Waals surface area contributed by atoms with Crippen molar-refractivity contribution in [1.29, 1.82) is 0 Å². The number of rotatable bonds is 0. The second-order valence-electron chi connectivity index (χ2n) is 4.03. The van der Waals surface area contributed by atoms with Crippen molar-refractivity contribution in [1.82, 2.24) is 0 Å². The third-order valence-electron chi connectivity index (χ3n) is 2.78. The Labute approximate surface area is 92.9 Å². The van der Waals surface area contributed by atoms with Crippen molar-refractivity contribution in [2.45, 2.75) is 26.3 Å². The molecule has 1 unspecified atom stereocenters. The van der Waals surface area contributed by atoms with E-state index in [2.05, 4.69) is 0 Å². The van der Waals surface area contributed by atoms with Crippen LogP contribution in [0.4, 0.5) is 10.1 Å². The van der Waals surface area contributed by atoms with E-state index in [1.165, 1.54) is 30.0 Å². The molecule has 1 aliphatic rings. The maximum absolute atomic E-state index is 13.0. The Bertz CT molecular complexity index is 470. The fraction of sp³-hybridized carbons (Fsp3) is 0.333. The topological polar surface area (TPSA) is 37.4 Å². The van der Waals surface area contributed by atoms with Gasteiger partial charge in [-0.3, -0.25) is 9.59 Å². The molecule has 1 aromatic rings. The van der Waals surface area contributed by atoms with Crippen LogP contribution in [-0.4, -0.2) is 17.7 Å². The number of ketones is 1. The van der Waals surface area contributed by atoms with Gasteiger partial charge in [-0.15, -0.1) is 0 Å². The van der Waals surface area contributed by atoms with Gasteiger partial charge in [0.1, 0.15) is 5.82 Å². The molecule has 0 radical (unpaired) electrons. The Balaban J connectivity index is 2.59. The minimum Gasteiger partial charge on any atom is -0.309 e. The summed E-state index contributed by atoms with van der Waals surface area (Å²) in [6.45, 7) is 3.25. The zero-order valence-corrected chi connectivity index (χ0v) is 9.16. The Kier molecular flexibility index (Phi) is 2.50. The summed E-state index contributed by atoms with van der Waals surface area (Å²) in [6.07, 6.45) is 0.246. The molecule has 0 bridgehead atoms. The number of anilines is 1. The van der Waals surface area contributed by atoms with Gasteiger partial charge in [-0.2, -0.15) is 0 Å². The van der Waals surface area contributed by atoms with Gasteiger partial charge in [-0.05, 0) is 25.1 Å². The van der Waals surface area contributed by atoms with E-state index in [9.17, 15) is 14.0 Å². The number of hydrogen-bond acceptors (Lipinski definition) is 2. The van der Waals surface area contributed by atoms with E-state index in [0.29, 0.717) is 11.3 Å². The molecule has 0 aromatic heterocycles. The van der Waals surface area contributed by atoms with Crippen LogP contribution in [0.2, 0.25) is 0 Å².